The molecule has 1 N–H and O–H groups in total. The van der Waals surface area contributed by atoms with E-state index in [9.17, 15) is 23.1 Å². The maximum Gasteiger partial charge on any atom is 0.417 e. The molecule has 1 heterocycles. The Kier molecular flexibility index (Phi) is 7.29. The maximum atomic E-state index is 13.6. The van der Waals surface area contributed by atoms with Gasteiger partial charge in [-0.1, -0.05) is 76.1 Å². The van der Waals surface area contributed by atoms with Gasteiger partial charge in [0, 0.05) is 22.2 Å². The molecule has 0 amide bonds. The smallest absolute Gasteiger partial charge is 0.385 e. The van der Waals surface area contributed by atoms with Gasteiger partial charge in [0.25, 0.3) is 0 Å². The first-order chi connectivity index (χ1) is 18.0. The Morgan fingerprint density at radius 3 is 2.21 bits per heavy atom. The van der Waals surface area contributed by atoms with Crippen LogP contribution in [0, 0.1) is 5.92 Å². The van der Waals surface area contributed by atoms with Crippen molar-refractivity contribution in [3.8, 4) is 16.9 Å². The minimum atomic E-state index is -4.52. The molecule has 1 aliphatic carbocycles. The van der Waals surface area contributed by atoms with Crippen LogP contribution in [0.25, 0.3) is 16.9 Å². The van der Waals surface area contributed by atoms with Crippen LogP contribution >= 0.6 is 27.5 Å². The fourth-order valence-corrected chi connectivity index (χ4v) is 5.63. The highest BCUT2D eigenvalue weighted by atomic mass is 79.9. The molecule has 5 rings (SSSR count). The summed E-state index contributed by atoms with van der Waals surface area (Å²) >= 11 is 9.70. The summed E-state index contributed by atoms with van der Waals surface area (Å²) in [4.78, 5) is 13.2. The van der Waals surface area contributed by atoms with Gasteiger partial charge in [-0.2, -0.15) is 13.2 Å². The van der Waals surface area contributed by atoms with Crippen LogP contribution in [0.3, 0.4) is 0 Å². The largest absolute Gasteiger partial charge is 0.417 e. The molecule has 0 aliphatic heterocycles. The van der Waals surface area contributed by atoms with E-state index < -0.39 is 17.3 Å². The van der Waals surface area contributed by atoms with E-state index in [4.69, 9.17) is 11.6 Å². The van der Waals surface area contributed by atoms with Crippen molar-refractivity contribution in [2.45, 2.75) is 37.5 Å². The number of hydrogen-bond donors (Lipinski definition) is 1. The third kappa shape index (κ3) is 5.33. The van der Waals surface area contributed by atoms with Crippen molar-refractivity contribution in [2.24, 2.45) is 5.92 Å². The fraction of sp³-hybridized carbons (Fsp3) is 0.233. The van der Waals surface area contributed by atoms with Gasteiger partial charge in [-0.25, -0.2) is 0 Å². The van der Waals surface area contributed by atoms with Crippen LogP contribution in [0.15, 0.2) is 89.5 Å². The maximum absolute atomic E-state index is 13.6. The Balaban J connectivity index is 1.36. The Morgan fingerprint density at radius 2 is 1.61 bits per heavy atom. The molecule has 1 aliphatic rings. The number of carbonyl (C=O) groups excluding carboxylic acids is 1. The summed E-state index contributed by atoms with van der Waals surface area (Å²) < 4.78 is 43.0. The van der Waals surface area contributed by atoms with Gasteiger partial charge in [-0.3, -0.25) is 4.79 Å². The van der Waals surface area contributed by atoms with Gasteiger partial charge < -0.3 is 9.67 Å². The van der Waals surface area contributed by atoms with E-state index in [0.29, 0.717) is 53.2 Å². The predicted molar refractivity (Wildman–Crippen MR) is 146 cm³/mol. The minimum Gasteiger partial charge on any atom is -0.385 e. The first-order valence-electron chi connectivity index (χ1n) is 12.2. The number of rotatable bonds is 5. The number of aromatic nitrogens is 1. The second-order valence-electron chi connectivity index (χ2n) is 9.69. The van der Waals surface area contributed by atoms with Crippen molar-refractivity contribution in [3.63, 3.8) is 0 Å². The Hall–Kier alpha value is -2.87. The van der Waals surface area contributed by atoms with E-state index in [1.54, 1.807) is 48.5 Å². The summed E-state index contributed by atoms with van der Waals surface area (Å²) in [6.45, 7) is 0. The summed E-state index contributed by atoms with van der Waals surface area (Å²) in [5.74, 6) is -0.243. The van der Waals surface area contributed by atoms with Crippen LogP contribution < -0.4 is 0 Å². The molecule has 4 aromatic rings. The van der Waals surface area contributed by atoms with E-state index in [2.05, 4.69) is 15.9 Å². The monoisotopic (exact) mass is 601 g/mol. The second kappa shape index (κ2) is 10.4. The van der Waals surface area contributed by atoms with Crippen molar-refractivity contribution < 1.29 is 23.1 Å². The van der Waals surface area contributed by atoms with Gasteiger partial charge in [0.2, 0.25) is 0 Å². The van der Waals surface area contributed by atoms with Crippen LogP contribution in [-0.4, -0.2) is 15.5 Å². The number of alkyl halides is 3. The number of Topliss-reactive ketones (excluding diaryl/α,β-unsaturated/α-hetero) is 1. The molecule has 1 aromatic heterocycles. The Labute approximate surface area is 232 Å². The number of hydrogen-bond acceptors (Lipinski definition) is 2. The Bertz CT molecular complexity index is 1450. The average Bonchev–Trinajstić information content (AvgIpc) is 3.35. The topological polar surface area (TPSA) is 42.2 Å². The van der Waals surface area contributed by atoms with Crippen molar-refractivity contribution in [3.05, 3.63) is 111 Å². The van der Waals surface area contributed by atoms with E-state index in [1.165, 1.54) is 4.57 Å². The predicted octanol–water partition coefficient (Wildman–Crippen LogP) is 8.84. The molecular weight excluding hydrogens is 579 g/mol. The molecule has 0 saturated heterocycles. The number of para-hydroxylation sites is 1. The second-order valence-corrected chi connectivity index (χ2v) is 11.0. The molecule has 3 nitrogen and oxygen atoms in total. The third-order valence-electron chi connectivity index (χ3n) is 7.29. The van der Waals surface area contributed by atoms with Crippen molar-refractivity contribution in [2.75, 3.05) is 0 Å². The molecule has 1 saturated carbocycles. The lowest BCUT2D eigenvalue weighted by molar-refractivity contribution is -0.137. The molecule has 3 aromatic carbocycles. The lowest BCUT2D eigenvalue weighted by Gasteiger charge is -2.36. The molecule has 1 fully saturated rings. The van der Waals surface area contributed by atoms with Crippen LogP contribution in [0.1, 0.15) is 47.2 Å². The average molecular weight is 603 g/mol. The van der Waals surface area contributed by atoms with Gasteiger partial charge in [-0.05, 0) is 67.1 Å². The summed E-state index contributed by atoms with van der Waals surface area (Å²) in [7, 11) is 0. The zero-order chi connectivity index (χ0) is 27.1. The van der Waals surface area contributed by atoms with Crippen LogP contribution in [-0.2, 0) is 11.8 Å². The minimum absolute atomic E-state index is 0.0214. The number of nitrogens with zero attached hydrogens (tertiary/aromatic N) is 1. The molecule has 0 radical (unpaired) electrons. The third-order valence-corrected chi connectivity index (χ3v) is 8.14. The zero-order valence-corrected chi connectivity index (χ0v) is 22.5. The summed E-state index contributed by atoms with van der Waals surface area (Å²) in [6.07, 6.45) is -1.42. The summed E-state index contributed by atoms with van der Waals surface area (Å²) in [6, 6.07) is 22.0. The van der Waals surface area contributed by atoms with E-state index in [0.717, 1.165) is 22.3 Å². The molecule has 0 spiro atoms. The number of ketones is 1. The van der Waals surface area contributed by atoms with E-state index >= 15 is 0 Å². The van der Waals surface area contributed by atoms with Crippen molar-refractivity contribution in [1.82, 2.24) is 4.57 Å². The first kappa shape index (κ1) is 26.7. The van der Waals surface area contributed by atoms with Gasteiger partial charge in [0.1, 0.15) is 0 Å². The van der Waals surface area contributed by atoms with Gasteiger partial charge in [0.15, 0.2) is 5.78 Å². The molecule has 8 heteroatoms. The number of aliphatic hydroxyl groups is 1. The van der Waals surface area contributed by atoms with Crippen LogP contribution in [0.5, 0.6) is 0 Å². The lowest BCUT2D eigenvalue weighted by Crippen LogP contribution is -2.33. The number of benzene rings is 3. The van der Waals surface area contributed by atoms with E-state index in [-0.39, 0.29) is 11.7 Å². The van der Waals surface area contributed by atoms with E-state index in [1.807, 2.05) is 24.3 Å². The zero-order valence-electron chi connectivity index (χ0n) is 20.2. The van der Waals surface area contributed by atoms with Crippen LogP contribution in [0.2, 0.25) is 5.02 Å². The van der Waals surface area contributed by atoms with Crippen LogP contribution in [0.4, 0.5) is 13.2 Å². The molecule has 0 atom stereocenters. The summed E-state index contributed by atoms with van der Waals surface area (Å²) in [5, 5.41) is 11.5. The highest BCUT2D eigenvalue weighted by molar-refractivity contribution is 9.10. The summed E-state index contributed by atoms with van der Waals surface area (Å²) in [5.41, 5.74) is 0.886. The highest BCUT2D eigenvalue weighted by Crippen LogP contribution is 2.41. The quantitative estimate of drug-likeness (QED) is 0.232. The van der Waals surface area contributed by atoms with Gasteiger partial charge in [-0.15, -0.1) is 0 Å². The molecule has 38 heavy (non-hydrogen) atoms. The van der Waals surface area contributed by atoms with Crippen molar-refractivity contribution >= 4 is 33.3 Å². The van der Waals surface area contributed by atoms with Gasteiger partial charge >= 0.3 is 6.18 Å². The standard InChI is InChI=1S/C30H24BrClF3NO2/c31-24-11-9-22(10-12-24)29(38)15-13-21(14-16-29)28(37)20-7-5-19(6-8-20)27-17-23(30(33,34)35)18-36(27)26-4-2-1-3-25(26)32/h1-12,17-18,21,38H,13-16H2. The fourth-order valence-electron chi connectivity index (χ4n) is 5.13. The number of halogens is 5. The SMILES string of the molecule is O=C(c1ccc(-c2cc(C(F)(F)F)cn2-c2ccccc2Cl)cc1)C1CCC(O)(c2ccc(Br)cc2)CC1. The first-order valence-corrected chi connectivity index (χ1v) is 13.4. The molecule has 0 unspecified atom stereocenters. The number of carbonyl (C=O) groups is 1. The molecule has 196 valence electrons. The lowest BCUT2D eigenvalue weighted by atomic mass is 9.73. The normalized spacial score (nSPS) is 19.9. The molecule has 0 bridgehead atoms. The van der Waals surface area contributed by atoms with Gasteiger partial charge in [0.05, 0.1) is 27.6 Å². The van der Waals surface area contributed by atoms with Crippen molar-refractivity contribution in [1.29, 1.82) is 0 Å². The highest BCUT2D eigenvalue weighted by Gasteiger charge is 2.37. The molecular formula is C30H24BrClF3NO2. The Morgan fingerprint density at radius 1 is 0.974 bits per heavy atom.